The smallest absolute Gasteiger partial charge is 0.293 e. The van der Waals surface area contributed by atoms with E-state index in [9.17, 15) is 14.9 Å². The summed E-state index contributed by atoms with van der Waals surface area (Å²) in [6.45, 7) is 2.70. The van der Waals surface area contributed by atoms with E-state index >= 15 is 0 Å². The van der Waals surface area contributed by atoms with Crippen LogP contribution in [0.4, 0.5) is 11.4 Å². The Morgan fingerprint density at radius 3 is 2.52 bits per heavy atom. The van der Waals surface area contributed by atoms with Crippen LogP contribution in [0.2, 0.25) is 5.02 Å². The third kappa shape index (κ3) is 4.06. The van der Waals surface area contributed by atoms with Crippen molar-refractivity contribution < 1.29 is 14.5 Å². The molecule has 0 saturated carbocycles. The van der Waals surface area contributed by atoms with Crippen LogP contribution in [0.5, 0.6) is 0 Å². The van der Waals surface area contributed by atoms with E-state index in [1.165, 1.54) is 6.07 Å². The lowest BCUT2D eigenvalue weighted by atomic mass is 10.0. The first-order chi connectivity index (χ1) is 14.0. The number of halogens is 1. The molecule has 2 saturated heterocycles. The number of carbonyl (C=O) groups excluding carboxylic acids is 1. The van der Waals surface area contributed by atoms with Gasteiger partial charge in [0.2, 0.25) is 0 Å². The maximum atomic E-state index is 12.7. The van der Waals surface area contributed by atoms with E-state index in [-0.39, 0.29) is 17.6 Å². The van der Waals surface area contributed by atoms with Gasteiger partial charge in [0, 0.05) is 36.3 Å². The Morgan fingerprint density at radius 2 is 1.83 bits per heavy atom. The molecule has 0 N–H and O–H groups in total. The largest absolute Gasteiger partial charge is 0.378 e. The molecule has 2 fully saturated rings. The number of hydrogen-bond donors (Lipinski definition) is 0. The molecule has 29 heavy (non-hydrogen) atoms. The number of hydrogen-bond acceptors (Lipinski definition) is 5. The number of amides is 1. The molecule has 7 nitrogen and oxygen atoms in total. The molecular weight excluding hydrogens is 394 g/mol. The zero-order chi connectivity index (χ0) is 20.4. The average molecular weight is 416 g/mol. The Labute approximate surface area is 174 Å². The number of nitro groups is 1. The summed E-state index contributed by atoms with van der Waals surface area (Å²) in [4.78, 5) is 27.9. The van der Waals surface area contributed by atoms with Crippen LogP contribution in [0, 0.1) is 10.1 Å². The van der Waals surface area contributed by atoms with Crippen molar-refractivity contribution in [1.29, 1.82) is 0 Å². The van der Waals surface area contributed by atoms with E-state index in [1.807, 2.05) is 24.3 Å². The molecule has 2 aliphatic heterocycles. The molecule has 2 aliphatic rings. The van der Waals surface area contributed by atoms with E-state index < -0.39 is 4.92 Å². The Bertz CT molecular complexity index is 913. The van der Waals surface area contributed by atoms with Crippen LogP contribution in [0.1, 0.15) is 34.8 Å². The summed E-state index contributed by atoms with van der Waals surface area (Å²) in [5.41, 5.74) is 1.93. The van der Waals surface area contributed by atoms with Gasteiger partial charge in [-0.15, -0.1) is 0 Å². The van der Waals surface area contributed by atoms with Gasteiger partial charge in [-0.3, -0.25) is 14.9 Å². The van der Waals surface area contributed by atoms with Crippen LogP contribution in [-0.4, -0.2) is 48.6 Å². The molecular formula is C21H22ClN3O4. The van der Waals surface area contributed by atoms with Gasteiger partial charge in [-0.25, -0.2) is 0 Å². The van der Waals surface area contributed by atoms with Crippen molar-refractivity contribution in [2.45, 2.75) is 18.9 Å². The lowest BCUT2D eigenvalue weighted by Crippen LogP contribution is -2.40. The second-order valence-corrected chi connectivity index (χ2v) is 7.70. The number of rotatable bonds is 4. The highest BCUT2D eigenvalue weighted by Gasteiger charge is 2.32. The fourth-order valence-corrected chi connectivity index (χ4v) is 4.21. The van der Waals surface area contributed by atoms with Crippen molar-refractivity contribution in [3.63, 3.8) is 0 Å². The maximum absolute atomic E-state index is 12.7. The Kier molecular flexibility index (Phi) is 5.69. The highest BCUT2D eigenvalue weighted by atomic mass is 35.5. The number of benzene rings is 2. The zero-order valence-electron chi connectivity index (χ0n) is 15.9. The molecule has 2 aromatic carbocycles. The zero-order valence-corrected chi connectivity index (χ0v) is 16.7. The van der Waals surface area contributed by atoms with Crippen LogP contribution in [0.15, 0.2) is 42.5 Å². The first-order valence-electron chi connectivity index (χ1n) is 9.72. The van der Waals surface area contributed by atoms with Crippen LogP contribution in [-0.2, 0) is 4.74 Å². The minimum absolute atomic E-state index is 0.0371. The van der Waals surface area contributed by atoms with Crippen molar-refractivity contribution in [1.82, 2.24) is 4.90 Å². The molecule has 0 bridgehead atoms. The SMILES string of the molecule is O=C(c1ccc(N2CCC[C@H]2c2ccc(Cl)cc2)c([N+](=O)[O-])c1)N1CCOCC1. The average Bonchev–Trinajstić information content (AvgIpc) is 3.23. The van der Waals surface area contributed by atoms with Crippen molar-refractivity contribution in [3.05, 3.63) is 68.7 Å². The van der Waals surface area contributed by atoms with Gasteiger partial charge in [0.25, 0.3) is 11.6 Å². The summed E-state index contributed by atoms with van der Waals surface area (Å²) < 4.78 is 5.28. The summed E-state index contributed by atoms with van der Waals surface area (Å²) in [6.07, 6.45) is 1.85. The predicted molar refractivity (Wildman–Crippen MR) is 111 cm³/mol. The fraction of sp³-hybridized carbons (Fsp3) is 0.381. The van der Waals surface area contributed by atoms with Gasteiger partial charge in [-0.1, -0.05) is 23.7 Å². The lowest BCUT2D eigenvalue weighted by Gasteiger charge is -2.28. The monoisotopic (exact) mass is 415 g/mol. The standard InChI is InChI=1S/C21H22ClN3O4/c22-17-6-3-15(4-7-17)18-2-1-9-24(18)19-8-5-16(14-20(19)25(27)28)21(26)23-10-12-29-13-11-23/h3-8,14,18H,1-2,9-13H2/t18-/m0/s1. The van der Waals surface area contributed by atoms with Crippen molar-refractivity contribution in [2.75, 3.05) is 37.7 Å². The summed E-state index contributed by atoms with van der Waals surface area (Å²) in [6, 6.07) is 12.5. The number of morpholine rings is 1. The Hall–Kier alpha value is -2.64. The molecule has 8 heteroatoms. The molecule has 0 spiro atoms. The molecule has 0 aromatic heterocycles. The first-order valence-corrected chi connectivity index (χ1v) is 10.1. The maximum Gasteiger partial charge on any atom is 0.293 e. The Balaban J connectivity index is 1.65. The molecule has 0 unspecified atom stereocenters. The minimum atomic E-state index is -0.400. The third-order valence-electron chi connectivity index (χ3n) is 5.53. The second-order valence-electron chi connectivity index (χ2n) is 7.27. The Morgan fingerprint density at radius 1 is 1.10 bits per heavy atom. The van der Waals surface area contributed by atoms with Gasteiger partial charge in [0.1, 0.15) is 5.69 Å². The fourth-order valence-electron chi connectivity index (χ4n) is 4.08. The number of nitro benzene ring substituents is 1. The minimum Gasteiger partial charge on any atom is -0.378 e. The van der Waals surface area contributed by atoms with Gasteiger partial charge in [-0.05, 0) is 42.7 Å². The van der Waals surface area contributed by atoms with Gasteiger partial charge in [0.15, 0.2) is 0 Å². The van der Waals surface area contributed by atoms with Crippen LogP contribution in [0.3, 0.4) is 0 Å². The van der Waals surface area contributed by atoms with Gasteiger partial charge in [0.05, 0.1) is 24.2 Å². The number of ether oxygens (including phenoxy) is 1. The summed E-state index contributed by atoms with van der Waals surface area (Å²) >= 11 is 6.00. The molecule has 4 rings (SSSR count). The van der Waals surface area contributed by atoms with E-state index in [4.69, 9.17) is 16.3 Å². The highest BCUT2D eigenvalue weighted by Crippen LogP contribution is 2.41. The molecule has 0 radical (unpaired) electrons. The normalized spacial score (nSPS) is 19.4. The summed E-state index contributed by atoms with van der Waals surface area (Å²) in [5, 5.41) is 12.5. The molecule has 1 atom stereocenters. The van der Waals surface area contributed by atoms with Gasteiger partial charge in [-0.2, -0.15) is 0 Å². The van der Waals surface area contributed by atoms with E-state index in [1.54, 1.807) is 17.0 Å². The van der Waals surface area contributed by atoms with Crippen molar-refractivity contribution >= 4 is 28.9 Å². The van der Waals surface area contributed by atoms with Gasteiger partial charge >= 0.3 is 0 Å². The lowest BCUT2D eigenvalue weighted by molar-refractivity contribution is -0.384. The molecule has 1 amide bonds. The van der Waals surface area contributed by atoms with Crippen LogP contribution < -0.4 is 4.90 Å². The number of nitrogens with zero attached hydrogens (tertiary/aromatic N) is 3. The van der Waals surface area contributed by atoms with Crippen LogP contribution in [0.25, 0.3) is 0 Å². The molecule has 0 aliphatic carbocycles. The molecule has 2 heterocycles. The van der Waals surface area contributed by atoms with E-state index in [0.717, 1.165) is 24.9 Å². The third-order valence-corrected chi connectivity index (χ3v) is 5.79. The predicted octanol–water partition coefficient (Wildman–Crippen LogP) is 4.06. The second kappa shape index (κ2) is 8.39. The van der Waals surface area contributed by atoms with Gasteiger partial charge < -0.3 is 14.5 Å². The summed E-state index contributed by atoms with van der Waals surface area (Å²) in [5.74, 6) is -0.196. The van der Waals surface area contributed by atoms with E-state index in [0.29, 0.717) is 42.6 Å². The quantitative estimate of drug-likeness (QED) is 0.556. The molecule has 2 aromatic rings. The molecule has 152 valence electrons. The van der Waals surface area contributed by atoms with Crippen molar-refractivity contribution in [3.8, 4) is 0 Å². The highest BCUT2D eigenvalue weighted by molar-refractivity contribution is 6.30. The summed E-state index contributed by atoms with van der Waals surface area (Å²) in [7, 11) is 0. The first kappa shape index (κ1) is 19.7. The number of anilines is 1. The van der Waals surface area contributed by atoms with Crippen LogP contribution >= 0.6 is 11.6 Å². The number of carbonyl (C=O) groups is 1. The topological polar surface area (TPSA) is 75.9 Å². The van der Waals surface area contributed by atoms with Crippen molar-refractivity contribution in [2.24, 2.45) is 0 Å². The van der Waals surface area contributed by atoms with E-state index in [2.05, 4.69) is 4.90 Å².